The zero-order valence-electron chi connectivity index (χ0n) is 10.6. The van der Waals surface area contributed by atoms with E-state index in [0.29, 0.717) is 4.82 Å². The van der Waals surface area contributed by atoms with Gasteiger partial charge < -0.3 is 0 Å². The van der Waals surface area contributed by atoms with Gasteiger partial charge in [-0.25, -0.2) is 4.99 Å². The summed E-state index contributed by atoms with van der Waals surface area (Å²) < 4.78 is 0. The first-order valence-electron chi connectivity index (χ1n) is 6.28. The summed E-state index contributed by atoms with van der Waals surface area (Å²) in [4.78, 5) is 8.60. The maximum atomic E-state index is 5.13. The van der Waals surface area contributed by atoms with Crippen molar-refractivity contribution in [1.82, 2.24) is 0 Å². The summed E-state index contributed by atoms with van der Waals surface area (Å²) in [6.07, 6.45) is 14.8. The maximum absolute atomic E-state index is 5.13. The quantitative estimate of drug-likeness (QED) is 0.551. The molecule has 0 aromatic rings. The summed E-state index contributed by atoms with van der Waals surface area (Å²) in [7, 11) is 0. The van der Waals surface area contributed by atoms with Crippen molar-refractivity contribution >= 4 is 12.1 Å². The molecule has 2 atom stereocenters. The summed E-state index contributed by atoms with van der Waals surface area (Å²) >= 11 is 5.13. The molecule has 98 valence electrons. The fraction of sp³-hybridized carbons (Fsp3) is 0.571. The van der Waals surface area contributed by atoms with Gasteiger partial charge >= 0.3 is 60.4 Å². The van der Waals surface area contributed by atoms with Crippen molar-refractivity contribution in [2.45, 2.75) is 50.4 Å². The van der Waals surface area contributed by atoms with Crippen molar-refractivity contribution < 1.29 is 16.0 Å². The Kier molecular flexibility index (Phi) is 7.14. The van der Waals surface area contributed by atoms with Crippen LogP contribution in [0.1, 0.15) is 39.5 Å². The van der Waals surface area contributed by atoms with E-state index in [1.54, 1.807) is 6.34 Å². The second-order valence-corrected chi connectivity index (χ2v) is 5.14. The molecule has 1 heterocycles. The number of aliphatic imine (C=N–C) groups is 2. The van der Waals surface area contributed by atoms with E-state index >= 15 is 0 Å². The van der Waals surface area contributed by atoms with Gasteiger partial charge in [-0.3, -0.25) is 4.99 Å². The standard InChI is InChI=1S/C7H6N2.C7H15.Cu/c1-2-4-7-6(3-1)8-5-9-7;1-3-5-7-6-4-2;/h1-6H;3H,4-7H2,1-2H3;. The van der Waals surface area contributed by atoms with Gasteiger partial charge in [0.15, 0.2) is 0 Å². The van der Waals surface area contributed by atoms with Crippen LogP contribution in [0.2, 0.25) is 4.82 Å². The molecule has 0 radical (unpaired) electrons. The zero-order chi connectivity index (χ0) is 12.5. The summed E-state index contributed by atoms with van der Waals surface area (Å²) in [5.74, 6) is 0. The van der Waals surface area contributed by atoms with E-state index in [-0.39, 0.29) is 6.04 Å². The van der Waals surface area contributed by atoms with Gasteiger partial charge in [0.25, 0.3) is 0 Å². The van der Waals surface area contributed by atoms with Gasteiger partial charge in [0, 0.05) is 0 Å². The van der Waals surface area contributed by atoms with Crippen LogP contribution in [0.4, 0.5) is 0 Å². The normalized spacial score (nSPS) is 21.6. The van der Waals surface area contributed by atoms with Crippen LogP contribution < -0.4 is 0 Å². The SMILES string of the molecule is C1=CC2=NC=NC2C=C1.CCCCC[CH](C)[Cu]. The number of unbranched alkanes of at least 4 members (excludes halogenated alkanes) is 2. The van der Waals surface area contributed by atoms with Crippen molar-refractivity contribution in [3.05, 3.63) is 24.3 Å². The number of nitrogens with zero attached hydrogens (tertiary/aromatic N) is 2. The second kappa shape index (κ2) is 8.43. The van der Waals surface area contributed by atoms with Crippen molar-refractivity contribution in [2.75, 3.05) is 0 Å². The molecular formula is C14H21CuN2. The van der Waals surface area contributed by atoms with Gasteiger partial charge in [-0.05, 0) is 6.08 Å². The Hall–Kier alpha value is -0.661. The predicted octanol–water partition coefficient (Wildman–Crippen LogP) is 3.89. The van der Waals surface area contributed by atoms with Crippen LogP contribution in [0.25, 0.3) is 0 Å². The first kappa shape index (κ1) is 14.4. The summed E-state index contributed by atoms with van der Waals surface area (Å²) in [5.41, 5.74) is 1.05. The van der Waals surface area contributed by atoms with E-state index in [1.807, 2.05) is 24.3 Å². The summed E-state index contributed by atoms with van der Waals surface area (Å²) in [5, 5.41) is 0. The fourth-order valence-corrected chi connectivity index (χ4v) is 1.79. The van der Waals surface area contributed by atoms with E-state index in [0.717, 1.165) is 5.71 Å². The molecule has 0 N–H and O–H groups in total. The van der Waals surface area contributed by atoms with Crippen molar-refractivity contribution in [3.8, 4) is 0 Å². The van der Waals surface area contributed by atoms with Crippen LogP contribution >= 0.6 is 0 Å². The van der Waals surface area contributed by atoms with Crippen LogP contribution in [0.5, 0.6) is 0 Å². The topological polar surface area (TPSA) is 24.7 Å². The summed E-state index contributed by atoms with van der Waals surface area (Å²) in [6.45, 7) is 4.31. The number of fused-ring (bicyclic) bond motifs is 1. The van der Waals surface area contributed by atoms with Gasteiger partial charge in [-0.1, -0.05) is 18.2 Å². The van der Waals surface area contributed by atoms with E-state index in [4.69, 9.17) is 16.0 Å². The van der Waals surface area contributed by atoms with Gasteiger partial charge in [-0.15, -0.1) is 0 Å². The zero-order valence-corrected chi connectivity index (χ0v) is 11.5. The number of rotatable bonds is 4. The van der Waals surface area contributed by atoms with Crippen LogP contribution in [-0.4, -0.2) is 18.1 Å². The van der Waals surface area contributed by atoms with Gasteiger partial charge in [0.1, 0.15) is 12.4 Å². The molecular weight excluding hydrogens is 260 g/mol. The molecule has 0 fully saturated rings. The molecule has 2 nitrogen and oxygen atoms in total. The molecule has 0 saturated heterocycles. The molecule has 0 aromatic heterocycles. The minimum absolute atomic E-state index is 0.218. The van der Waals surface area contributed by atoms with Crippen molar-refractivity contribution in [2.24, 2.45) is 9.98 Å². The van der Waals surface area contributed by atoms with Gasteiger partial charge in [0.2, 0.25) is 0 Å². The molecule has 0 bridgehead atoms. The Morgan fingerprint density at radius 2 is 2.18 bits per heavy atom. The fourth-order valence-electron chi connectivity index (χ4n) is 1.60. The molecule has 17 heavy (non-hydrogen) atoms. The molecule has 0 amide bonds. The molecule has 0 aromatic carbocycles. The average Bonchev–Trinajstić information content (AvgIpc) is 2.78. The van der Waals surface area contributed by atoms with E-state index in [2.05, 4.69) is 23.8 Å². The first-order chi connectivity index (χ1) is 8.24. The van der Waals surface area contributed by atoms with Crippen LogP contribution in [0.3, 0.4) is 0 Å². The second-order valence-electron chi connectivity index (χ2n) is 4.21. The van der Waals surface area contributed by atoms with E-state index < -0.39 is 0 Å². The molecule has 1 aliphatic carbocycles. The third-order valence-corrected chi connectivity index (χ3v) is 2.86. The Labute approximate surface area is 113 Å². The van der Waals surface area contributed by atoms with Gasteiger partial charge in [-0.2, -0.15) is 0 Å². The Morgan fingerprint density at radius 3 is 2.82 bits per heavy atom. The molecule has 0 spiro atoms. The Balaban J connectivity index is 0.000000172. The monoisotopic (exact) mass is 280 g/mol. The van der Waals surface area contributed by atoms with E-state index in [1.165, 1.54) is 25.7 Å². The van der Waals surface area contributed by atoms with Crippen molar-refractivity contribution in [1.29, 1.82) is 0 Å². The first-order valence-corrected chi connectivity index (χ1v) is 6.82. The third kappa shape index (κ3) is 5.99. The summed E-state index contributed by atoms with van der Waals surface area (Å²) in [6, 6.07) is 0.218. The average molecular weight is 281 g/mol. The van der Waals surface area contributed by atoms with Crippen LogP contribution in [-0.2, 0) is 16.0 Å². The Bertz CT molecular complexity index is 327. The van der Waals surface area contributed by atoms with Crippen LogP contribution in [0, 0.1) is 0 Å². The predicted molar refractivity (Wildman–Crippen MR) is 71.6 cm³/mol. The molecule has 2 unspecified atom stereocenters. The molecule has 2 aliphatic rings. The van der Waals surface area contributed by atoms with Gasteiger partial charge in [0.05, 0.1) is 5.71 Å². The number of hydrogen-bond acceptors (Lipinski definition) is 2. The third-order valence-electron chi connectivity index (χ3n) is 2.59. The molecule has 3 heteroatoms. The van der Waals surface area contributed by atoms with Crippen LogP contribution in [0.15, 0.2) is 34.3 Å². The molecule has 0 saturated carbocycles. The van der Waals surface area contributed by atoms with E-state index in [9.17, 15) is 0 Å². The molecule has 2 rings (SSSR count). The number of hydrogen-bond donors (Lipinski definition) is 0. The number of allylic oxidation sites excluding steroid dienone is 2. The van der Waals surface area contributed by atoms with Crippen molar-refractivity contribution in [3.63, 3.8) is 0 Å². The Morgan fingerprint density at radius 1 is 1.35 bits per heavy atom. The minimum atomic E-state index is 0.218. The molecule has 1 aliphatic heterocycles.